The Morgan fingerprint density at radius 2 is 1.57 bits per heavy atom. The van der Waals surface area contributed by atoms with E-state index >= 15 is 0 Å². The zero-order valence-electron chi connectivity index (χ0n) is 45.5. The maximum atomic E-state index is 14.6. The number of hydrogen-bond acceptors (Lipinski definition) is 14. The second kappa shape index (κ2) is 27.3. The summed E-state index contributed by atoms with van der Waals surface area (Å²) in [7, 11) is -1.99. The van der Waals surface area contributed by atoms with Crippen molar-refractivity contribution in [1.29, 1.82) is 0 Å². The van der Waals surface area contributed by atoms with Crippen LogP contribution in [0.2, 0.25) is 0 Å². The molecular weight excluding hydrogens is 964 g/mol. The number of fused-ring (bicyclic) bond motifs is 3. The minimum Gasteiger partial charge on any atom is -0.461 e. The van der Waals surface area contributed by atoms with E-state index in [-0.39, 0.29) is 61.0 Å². The van der Waals surface area contributed by atoms with Crippen molar-refractivity contribution in [2.24, 2.45) is 35.5 Å². The van der Waals surface area contributed by atoms with Gasteiger partial charge in [-0.15, -0.1) is 0 Å². The molecule has 410 valence electrons. The van der Waals surface area contributed by atoms with Gasteiger partial charge < -0.3 is 38.6 Å². The summed E-state index contributed by atoms with van der Waals surface area (Å²) in [5.74, 6) is -6.97. The topological polar surface area (TPSA) is 213 Å². The van der Waals surface area contributed by atoms with Crippen molar-refractivity contribution in [3.05, 3.63) is 47.6 Å². The number of Topliss-reactive ketones (excluding diaryl/α,β-unsaturated/α-hetero) is 2. The number of ketones is 2. The van der Waals surface area contributed by atoms with Crippen LogP contribution in [0.1, 0.15) is 132 Å². The second-order valence-corrected chi connectivity index (χ2v) is 26.8. The third kappa shape index (κ3) is 17.1. The number of hydrogen-bond donors (Lipinski definition) is 2. The Morgan fingerprint density at radius 3 is 2.21 bits per heavy atom. The molecule has 1 unspecified atom stereocenters. The molecule has 3 fully saturated rings. The quantitative estimate of drug-likeness (QED) is 0.0976. The maximum Gasteiger partial charge on any atom is 0.329 e. The number of nitrogens with zero attached hydrogens (tertiary/aromatic N) is 2. The number of ether oxygens (including phenoxy) is 4. The number of amides is 1. The van der Waals surface area contributed by atoms with Crippen molar-refractivity contribution in [2.45, 2.75) is 186 Å². The Morgan fingerprint density at radius 1 is 0.875 bits per heavy atom. The summed E-state index contributed by atoms with van der Waals surface area (Å²) in [4.78, 5) is 58.4. The smallest absolute Gasteiger partial charge is 0.329 e. The van der Waals surface area contributed by atoms with E-state index in [2.05, 4.69) is 0 Å². The van der Waals surface area contributed by atoms with Gasteiger partial charge in [0, 0.05) is 59.0 Å². The molecule has 2 saturated heterocycles. The second-order valence-electron chi connectivity index (χ2n) is 22.1. The Bertz CT molecular complexity index is 2140. The Hall–Kier alpha value is -2.86. The number of carbonyl (C=O) groups excluding carboxylic acids is 4. The van der Waals surface area contributed by atoms with Gasteiger partial charge in [0.1, 0.15) is 24.4 Å². The molecule has 72 heavy (non-hydrogen) atoms. The third-order valence-corrected chi connectivity index (χ3v) is 17.7. The predicted molar refractivity (Wildman–Crippen MR) is 279 cm³/mol. The fraction of sp³-hybridized carbons (Fsp3) is 0.778. The molecule has 3 heterocycles. The van der Waals surface area contributed by atoms with Crippen molar-refractivity contribution in [3.63, 3.8) is 0 Å². The molecule has 0 aromatic heterocycles. The van der Waals surface area contributed by atoms with Crippen LogP contribution in [0.5, 0.6) is 0 Å². The van der Waals surface area contributed by atoms with Crippen LogP contribution in [0.3, 0.4) is 0 Å². The van der Waals surface area contributed by atoms with Crippen LogP contribution in [0, 0.1) is 35.5 Å². The Labute approximate surface area is 431 Å². The van der Waals surface area contributed by atoms with Crippen LogP contribution < -0.4 is 0 Å². The monoisotopic (exact) mass is 1050 g/mol. The van der Waals surface area contributed by atoms with Crippen molar-refractivity contribution in [3.8, 4) is 0 Å². The molecular formula is C54H89N2O14PS. The van der Waals surface area contributed by atoms with E-state index in [9.17, 15) is 42.4 Å². The Balaban J connectivity index is 1.72. The van der Waals surface area contributed by atoms with Gasteiger partial charge in [-0.1, -0.05) is 76.6 Å². The van der Waals surface area contributed by atoms with Gasteiger partial charge in [0.05, 0.1) is 24.6 Å². The third-order valence-electron chi connectivity index (χ3n) is 15.6. The summed E-state index contributed by atoms with van der Waals surface area (Å²) in [6.45, 7) is 16.3. The molecule has 2 bridgehead atoms. The zero-order chi connectivity index (χ0) is 53.9. The van der Waals surface area contributed by atoms with Gasteiger partial charge in [-0.3, -0.25) is 18.9 Å². The molecule has 0 aromatic rings. The predicted octanol–water partition coefficient (Wildman–Crippen LogP) is 7.81. The van der Waals surface area contributed by atoms with E-state index in [1.54, 1.807) is 53.4 Å². The molecule has 3 aliphatic heterocycles. The van der Waals surface area contributed by atoms with Crippen molar-refractivity contribution < 1.29 is 65.8 Å². The maximum absolute atomic E-state index is 14.6. The molecule has 2 N–H and O–H groups in total. The summed E-state index contributed by atoms with van der Waals surface area (Å²) >= 11 is 0. The molecule has 0 aromatic carbocycles. The molecule has 0 radical (unpaired) electrons. The van der Waals surface area contributed by atoms with Crippen LogP contribution in [-0.2, 0) is 57.2 Å². The van der Waals surface area contributed by atoms with Crippen molar-refractivity contribution in [1.82, 2.24) is 9.21 Å². The minimum atomic E-state index is -3.72. The largest absolute Gasteiger partial charge is 0.461 e. The molecule has 0 spiro atoms. The lowest BCUT2D eigenvalue weighted by atomic mass is 9.78. The van der Waals surface area contributed by atoms with Gasteiger partial charge in [-0.25, -0.2) is 13.2 Å². The Kier molecular flexibility index (Phi) is 23.4. The highest BCUT2D eigenvalue weighted by molar-refractivity contribution is 7.88. The van der Waals surface area contributed by atoms with E-state index in [4.69, 9.17) is 23.5 Å². The highest BCUT2D eigenvalue weighted by Crippen LogP contribution is 2.45. The van der Waals surface area contributed by atoms with Crippen molar-refractivity contribution in [2.75, 3.05) is 47.4 Å². The first-order valence-corrected chi connectivity index (χ1v) is 30.6. The average molecular weight is 1050 g/mol. The molecule has 4 aliphatic rings. The van der Waals surface area contributed by atoms with Crippen molar-refractivity contribution >= 4 is 40.8 Å². The first kappa shape index (κ1) is 61.7. The first-order valence-electron chi connectivity index (χ1n) is 26.2. The lowest BCUT2D eigenvalue weighted by molar-refractivity contribution is -0.264. The minimum absolute atomic E-state index is 0.0163. The lowest BCUT2D eigenvalue weighted by Gasteiger charge is -2.43. The fourth-order valence-corrected chi connectivity index (χ4v) is 12.7. The summed E-state index contributed by atoms with van der Waals surface area (Å²) in [6, 6.07) is -1.83. The summed E-state index contributed by atoms with van der Waals surface area (Å²) in [5.41, 5.74) is 1.25. The zero-order valence-corrected chi connectivity index (χ0v) is 47.2. The van der Waals surface area contributed by atoms with Gasteiger partial charge >= 0.3 is 5.97 Å². The van der Waals surface area contributed by atoms with E-state index in [0.29, 0.717) is 75.4 Å². The summed E-state index contributed by atoms with van der Waals surface area (Å²) in [5, 5.41) is 23.7. The van der Waals surface area contributed by atoms with Crippen LogP contribution >= 0.6 is 7.37 Å². The number of piperidine rings is 1. The molecule has 16 nitrogen and oxygen atoms in total. The van der Waals surface area contributed by atoms with E-state index < -0.39 is 89.2 Å². The average Bonchev–Trinajstić information content (AvgIpc) is 3.31. The molecule has 15 atom stereocenters. The van der Waals surface area contributed by atoms with Gasteiger partial charge in [-0.05, 0) is 127 Å². The molecule has 1 amide bonds. The number of aliphatic hydroxyl groups is 2. The molecule has 4 rings (SSSR count). The number of allylic oxidation sites excluding steroid dienone is 6. The normalized spacial score (nSPS) is 38.2. The van der Waals surface area contributed by atoms with E-state index in [1.165, 1.54) is 23.4 Å². The number of carbonyl (C=O) groups is 4. The number of cyclic esters (lactones) is 1. The summed E-state index contributed by atoms with van der Waals surface area (Å²) in [6.07, 6.45) is 14.4. The number of esters is 1. The highest BCUT2D eigenvalue weighted by Gasteiger charge is 2.53. The first-order chi connectivity index (χ1) is 33.6. The van der Waals surface area contributed by atoms with Gasteiger partial charge in [0.2, 0.25) is 15.8 Å². The number of likely N-dealkylation sites (N-methyl/N-ethyl adjacent to an activating group) is 1. The standard InChI is InChI=1S/C54H89N2O14PS/c1-34-19-15-14-16-20-36(3)44(55(8)72(13,64)65)33-42-25-23-40(7)54(62,69-42)51(59)52(60)56-28-18-17-21-43(56)53(61)68-45(37(4)31-41-24-27-46(47(32-41)66-9)70-71(11,12)63)26-22-35(2)30-39(6)49(58)50(67-10)48(57)38(5)29-34/h14-16,19-20,30,34-35,37-38,40-47,49-50,58,62H,17-18,21-29,31-33H2,1-13H3/b16-14+,19-15+,36-20+,39-30+/t34-,35+,37-,38-,40-,41+,42+,43+,44+,45+,46-,47-,49-,50+,54?/m1/s1. The van der Waals surface area contributed by atoms with Crippen LogP contribution in [0.25, 0.3) is 0 Å². The van der Waals surface area contributed by atoms with Gasteiger partial charge in [-0.2, -0.15) is 4.31 Å². The van der Waals surface area contributed by atoms with Crippen LogP contribution in [0.15, 0.2) is 47.6 Å². The SMILES string of the molecule is CO[C@@H]1C[C@H](C[C@@H](C)[C@@H]2CC[C@H](C)/C=C(\C)[C@@H](O)[C@@H](OC)C(=O)[C@H](C)C[C@H](C)/C=C/C=C/C=C(\C)[C@@H](N(C)S(C)(=O)=O)C[C@@H]3CC[C@@H](C)C(O)(O3)C(=O)C(=O)N3CCCC[C@H]3C(=O)O2)CC[C@H]1OP(C)(C)=O. The van der Waals surface area contributed by atoms with Crippen LogP contribution in [0.4, 0.5) is 0 Å². The van der Waals surface area contributed by atoms with E-state index in [0.717, 1.165) is 12.7 Å². The molecule has 18 heteroatoms. The number of aliphatic hydroxyl groups excluding tert-OH is 1. The number of methoxy groups -OCH3 is 2. The number of sulfonamides is 1. The fourth-order valence-electron chi connectivity index (χ4n) is 11.1. The number of rotatable bonds is 9. The van der Waals surface area contributed by atoms with E-state index in [1.807, 2.05) is 52.0 Å². The molecule has 1 saturated carbocycles. The summed E-state index contributed by atoms with van der Waals surface area (Å²) < 4.78 is 69.9. The van der Waals surface area contributed by atoms with Gasteiger partial charge in [0.25, 0.3) is 11.7 Å². The highest BCUT2D eigenvalue weighted by atomic mass is 32.2. The molecule has 1 aliphatic carbocycles. The van der Waals surface area contributed by atoms with Gasteiger partial charge in [0.15, 0.2) is 13.2 Å². The van der Waals surface area contributed by atoms with Crippen LogP contribution in [-0.4, -0.2) is 153 Å². The lowest BCUT2D eigenvalue weighted by Crippen LogP contribution is -2.61.